The molecule has 1 aliphatic carbocycles. The van der Waals surface area contributed by atoms with Crippen molar-refractivity contribution in [2.45, 2.75) is 47.0 Å². The van der Waals surface area contributed by atoms with Crippen LogP contribution >= 0.6 is 0 Å². The molecule has 1 aliphatic rings. The number of imidazole rings is 1. The van der Waals surface area contributed by atoms with Gasteiger partial charge in [0.25, 0.3) is 5.91 Å². The van der Waals surface area contributed by atoms with E-state index < -0.39 is 0 Å². The molecule has 2 N–H and O–H groups in total. The smallest absolute Gasteiger partial charge is 0.288 e. The molecule has 1 unspecified atom stereocenters. The van der Waals surface area contributed by atoms with Crippen molar-refractivity contribution in [2.75, 3.05) is 0 Å². The van der Waals surface area contributed by atoms with Crippen molar-refractivity contribution in [1.82, 2.24) is 20.2 Å². The standard InChI is InChI=1S/C19H26N4O/c1-13-17(23-12-6-5-7-16(23)20-13)18(24)22-21-15-10-8-14(9-11-15)19(2,3)4/h5-7,10,12,14,21H,8-9,11H2,1-4H3,(H,22,24). The summed E-state index contributed by atoms with van der Waals surface area (Å²) in [6, 6.07) is 5.71. The fourth-order valence-corrected chi connectivity index (χ4v) is 3.32. The van der Waals surface area contributed by atoms with Gasteiger partial charge >= 0.3 is 0 Å². The number of carbonyl (C=O) groups excluding carboxylic acids is 1. The number of amides is 1. The third-order valence-corrected chi connectivity index (χ3v) is 4.89. The minimum atomic E-state index is -0.162. The van der Waals surface area contributed by atoms with Crippen LogP contribution in [0.1, 0.15) is 56.2 Å². The molecule has 128 valence electrons. The number of pyridine rings is 1. The van der Waals surface area contributed by atoms with Gasteiger partial charge in [0, 0.05) is 11.9 Å². The molecule has 1 atom stereocenters. The highest BCUT2D eigenvalue weighted by Crippen LogP contribution is 2.36. The van der Waals surface area contributed by atoms with Crippen molar-refractivity contribution in [3.8, 4) is 0 Å². The predicted octanol–water partition coefficient (Wildman–Crippen LogP) is 3.61. The zero-order valence-corrected chi connectivity index (χ0v) is 14.9. The van der Waals surface area contributed by atoms with Crippen LogP contribution in [0.4, 0.5) is 0 Å². The first-order valence-electron chi connectivity index (χ1n) is 8.55. The van der Waals surface area contributed by atoms with Gasteiger partial charge in [-0.15, -0.1) is 0 Å². The molecule has 0 saturated heterocycles. The highest BCUT2D eigenvalue weighted by atomic mass is 16.2. The van der Waals surface area contributed by atoms with Gasteiger partial charge in [-0.25, -0.2) is 4.98 Å². The summed E-state index contributed by atoms with van der Waals surface area (Å²) in [4.78, 5) is 17.0. The Morgan fingerprint density at radius 1 is 1.33 bits per heavy atom. The number of fused-ring (bicyclic) bond motifs is 1. The Balaban J connectivity index is 1.66. The predicted molar refractivity (Wildman–Crippen MR) is 95.4 cm³/mol. The molecule has 24 heavy (non-hydrogen) atoms. The second kappa shape index (κ2) is 6.30. The molecule has 0 aliphatic heterocycles. The van der Waals surface area contributed by atoms with E-state index in [1.165, 1.54) is 0 Å². The van der Waals surface area contributed by atoms with E-state index in [-0.39, 0.29) is 5.91 Å². The minimum Gasteiger partial charge on any atom is -0.303 e. The Morgan fingerprint density at radius 3 is 2.79 bits per heavy atom. The van der Waals surface area contributed by atoms with Crippen molar-refractivity contribution in [3.63, 3.8) is 0 Å². The van der Waals surface area contributed by atoms with Crippen LogP contribution in [0, 0.1) is 18.3 Å². The number of hydrogen-bond acceptors (Lipinski definition) is 3. The molecule has 0 bridgehead atoms. The third-order valence-electron chi connectivity index (χ3n) is 4.89. The molecule has 0 radical (unpaired) electrons. The van der Waals surface area contributed by atoms with Crippen LogP contribution in [0.25, 0.3) is 5.65 Å². The van der Waals surface area contributed by atoms with Crippen LogP contribution in [-0.4, -0.2) is 15.3 Å². The molecule has 0 spiro atoms. The summed E-state index contributed by atoms with van der Waals surface area (Å²) in [5.41, 5.74) is 9.42. The van der Waals surface area contributed by atoms with Crippen LogP contribution in [0.3, 0.4) is 0 Å². The molecule has 2 heterocycles. The van der Waals surface area contributed by atoms with Crippen molar-refractivity contribution in [2.24, 2.45) is 11.3 Å². The zero-order valence-electron chi connectivity index (χ0n) is 14.9. The maximum atomic E-state index is 12.5. The van der Waals surface area contributed by atoms with Crippen LogP contribution in [0.15, 0.2) is 36.2 Å². The molecule has 0 aromatic carbocycles. The Kier molecular flexibility index (Phi) is 4.35. The van der Waals surface area contributed by atoms with E-state index in [2.05, 4.69) is 42.7 Å². The van der Waals surface area contributed by atoms with E-state index in [9.17, 15) is 4.79 Å². The summed E-state index contributed by atoms with van der Waals surface area (Å²) in [5.74, 6) is 0.532. The van der Waals surface area contributed by atoms with Crippen molar-refractivity contribution < 1.29 is 4.79 Å². The molecular weight excluding hydrogens is 300 g/mol. The fourth-order valence-electron chi connectivity index (χ4n) is 3.32. The number of carbonyl (C=O) groups is 1. The average Bonchev–Trinajstić information content (AvgIpc) is 2.88. The van der Waals surface area contributed by atoms with E-state index in [0.717, 1.165) is 36.3 Å². The summed E-state index contributed by atoms with van der Waals surface area (Å²) in [5, 5.41) is 0. The first-order valence-corrected chi connectivity index (χ1v) is 8.55. The lowest BCUT2D eigenvalue weighted by Crippen LogP contribution is -2.38. The number of nitrogens with one attached hydrogen (secondary N) is 2. The summed E-state index contributed by atoms with van der Waals surface area (Å²) in [6.07, 6.45) is 7.23. The van der Waals surface area contributed by atoms with Crippen LogP contribution in [0.2, 0.25) is 0 Å². The van der Waals surface area contributed by atoms with Gasteiger partial charge in [-0.05, 0) is 49.7 Å². The van der Waals surface area contributed by atoms with Crippen molar-refractivity contribution in [1.29, 1.82) is 0 Å². The normalized spacial score (nSPS) is 18.3. The number of aryl methyl sites for hydroxylation is 1. The first-order chi connectivity index (χ1) is 11.4. The highest BCUT2D eigenvalue weighted by Gasteiger charge is 2.26. The molecule has 0 fully saturated rings. The van der Waals surface area contributed by atoms with Gasteiger partial charge < -0.3 is 5.43 Å². The average molecular weight is 326 g/mol. The summed E-state index contributed by atoms with van der Waals surface area (Å²) in [7, 11) is 0. The first kappa shape index (κ1) is 16.6. The van der Waals surface area contributed by atoms with Gasteiger partial charge in [0.1, 0.15) is 11.3 Å². The van der Waals surface area contributed by atoms with Crippen LogP contribution in [0.5, 0.6) is 0 Å². The Labute approximate surface area is 143 Å². The highest BCUT2D eigenvalue weighted by molar-refractivity contribution is 5.94. The summed E-state index contributed by atoms with van der Waals surface area (Å²) in [6.45, 7) is 8.73. The van der Waals surface area contributed by atoms with Gasteiger partial charge in [-0.2, -0.15) is 0 Å². The van der Waals surface area contributed by atoms with Gasteiger partial charge in [-0.3, -0.25) is 14.6 Å². The zero-order chi connectivity index (χ0) is 17.3. The molecule has 1 amide bonds. The molecule has 2 aromatic rings. The second-order valence-electron chi connectivity index (χ2n) is 7.62. The number of rotatable bonds is 3. The maximum absolute atomic E-state index is 12.5. The number of hydrogen-bond donors (Lipinski definition) is 2. The summed E-state index contributed by atoms with van der Waals surface area (Å²) < 4.78 is 1.82. The van der Waals surface area contributed by atoms with Gasteiger partial charge in [0.2, 0.25) is 0 Å². The van der Waals surface area contributed by atoms with E-state index in [0.29, 0.717) is 17.0 Å². The van der Waals surface area contributed by atoms with Crippen LogP contribution < -0.4 is 10.9 Å². The lowest BCUT2D eigenvalue weighted by atomic mass is 9.74. The topological polar surface area (TPSA) is 58.4 Å². The Morgan fingerprint density at radius 2 is 2.12 bits per heavy atom. The third kappa shape index (κ3) is 3.30. The molecule has 2 aromatic heterocycles. The minimum absolute atomic E-state index is 0.162. The molecule has 5 heteroatoms. The van der Waals surface area contributed by atoms with Gasteiger partial charge in [0.15, 0.2) is 0 Å². The number of nitrogens with zero attached hydrogens (tertiary/aromatic N) is 2. The van der Waals surface area contributed by atoms with Crippen LogP contribution in [-0.2, 0) is 0 Å². The second-order valence-corrected chi connectivity index (χ2v) is 7.62. The Hall–Kier alpha value is -2.30. The van der Waals surface area contributed by atoms with Crippen molar-refractivity contribution >= 4 is 11.6 Å². The van der Waals surface area contributed by atoms with E-state index in [1.54, 1.807) is 0 Å². The van der Waals surface area contributed by atoms with E-state index in [1.807, 2.05) is 35.7 Å². The van der Waals surface area contributed by atoms with Gasteiger partial charge in [-0.1, -0.05) is 32.9 Å². The Bertz CT molecular complexity index is 782. The fraction of sp³-hybridized carbons (Fsp3) is 0.474. The number of aromatic nitrogens is 2. The van der Waals surface area contributed by atoms with E-state index >= 15 is 0 Å². The lowest BCUT2D eigenvalue weighted by Gasteiger charge is -2.33. The number of allylic oxidation sites excluding steroid dienone is 2. The molecule has 0 saturated carbocycles. The maximum Gasteiger partial charge on any atom is 0.288 e. The SMILES string of the molecule is Cc1nc2ccccn2c1C(=O)NNC1=CCC(C(C)(C)C)CC1. The monoisotopic (exact) mass is 326 g/mol. The lowest BCUT2D eigenvalue weighted by molar-refractivity contribution is 0.0930. The number of hydrazine groups is 1. The molecule has 5 nitrogen and oxygen atoms in total. The van der Waals surface area contributed by atoms with E-state index in [4.69, 9.17) is 0 Å². The van der Waals surface area contributed by atoms with Crippen molar-refractivity contribution in [3.05, 3.63) is 47.6 Å². The molecule has 3 rings (SSSR count). The largest absolute Gasteiger partial charge is 0.303 e. The quantitative estimate of drug-likeness (QED) is 0.847. The van der Waals surface area contributed by atoms with Gasteiger partial charge in [0.05, 0.1) is 5.69 Å². The summed E-state index contributed by atoms with van der Waals surface area (Å²) >= 11 is 0. The molecular formula is C19H26N4O.